The largest absolute Gasteiger partial charge is 0.417 e. The monoisotopic (exact) mass is 376 g/mol. The highest BCUT2D eigenvalue weighted by molar-refractivity contribution is 6.03. The summed E-state index contributed by atoms with van der Waals surface area (Å²) < 4.78 is 39.9. The van der Waals surface area contributed by atoms with Crippen molar-refractivity contribution in [3.63, 3.8) is 0 Å². The molecule has 27 heavy (non-hydrogen) atoms. The van der Waals surface area contributed by atoms with Gasteiger partial charge in [-0.1, -0.05) is 6.07 Å². The zero-order valence-corrected chi connectivity index (χ0v) is 14.9. The number of hydrogen-bond donors (Lipinski definition) is 1. The molecule has 0 atom stereocenters. The van der Waals surface area contributed by atoms with E-state index in [2.05, 4.69) is 19.8 Å². The Morgan fingerprint density at radius 3 is 2.59 bits per heavy atom. The lowest BCUT2D eigenvalue weighted by atomic mass is 10.2. The number of anilines is 1. The van der Waals surface area contributed by atoms with Gasteiger partial charge in [-0.15, -0.1) is 0 Å². The van der Waals surface area contributed by atoms with E-state index in [4.69, 9.17) is 0 Å². The maximum atomic E-state index is 12.6. The number of likely N-dealkylation sites (N-methyl/N-ethyl adjacent to an activating group) is 1. The molecule has 2 aromatic heterocycles. The topological polar surface area (TPSA) is 50.2 Å². The lowest BCUT2D eigenvalue weighted by Crippen LogP contribution is -2.18. The third kappa shape index (κ3) is 4.46. The van der Waals surface area contributed by atoms with Crippen LogP contribution in [0.15, 0.2) is 48.8 Å². The summed E-state index contributed by atoms with van der Waals surface area (Å²) in [5.74, 6) is -0.561. The summed E-state index contributed by atoms with van der Waals surface area (Å²) in [7, 11) is 3.99. The molecule has 3 rings (SSSR count). The molecular weight excluding hydrogens is 357 g/mol. The van der Waals surface area contributed by atoms with Crippen LogP contribution in [0.2, 0.25) is 0 Å². The van der Waals surface area contributed by atoms with E-state index in [0.29, 0.717) is 11.9 Å². The minimum atomic E-state index is -4.48. The van der Waals surface area contributed by atoms with E-state index in [1.807, 2.05) is 38.5 Å². The molecule has 1 aromatic carbocycles. The van der Waals surface area contributed by atoms with Crippen molar-refractivity contribution in [2.24, 2.45) is 0 Å². The first kappa shape index (κ1) is 18.9. The zero-order chi connectivity index (χ0) is 19.6. The van der Waals surface area contributed by atoms with E-state index < -0.39 is 17.6 Å². The van der Waals surface area contributed by atoms with Crippen molar-refractivity contribution < 1.29 is 18.0 Å². The molecule has 0 saturated heterocycles. The molecule has 1 amide bonds. The van der Waals surface area contributed by atoms with Crippen LogP contribution in [-0.4, -0.2) is 41.0 Å². The highest BCUT2D eigenvalue weighted by Crippen LogP contribution is 2.28. The van der Waals surface area contributed by atoms with Crippen LogP contribution in [0.25, 0.3) is 10.9 Å². The number of amides is 1. The number of pyridine rings is 1. The van der Waals surface area contributed by atoms with Gasteiger partial charge in [0.1, 0.15) is 5.69 Å². The lowest BCUT2D eigenvalue weighted by molar-refractivity contribution is -0.137. The molecule has 142 valence electrons. The lowest BCUT2D eigenvalue weighted by Gasteiger charge is -2.12. The van der Waals surface area contributed by atoms with Gasteiger partial charge in [0, 0.05) is 31.2 Å². The summed E-state index contributed by atoms with van der Waals surface area (Å²) in [6.45, 7) is 1.67. The van der Waals surface area contributed by atoms with Gasteiger partial charge >= 0.3 is 6.18 Å². The van der Waals surface area contributed by atoms with E-state index in [1.165, 1.54) is 0 Å². The predicted molar refractivity (Wildman–Crippen MR) is 97.7 cm³/mol. The number of aromatic nitrogens is 2. The third-order valence-corrected chi connectivity index (χ3v) is 4.14. The Balaban J connectivity index is 1.77. The summed E-state index contributed by atoms with van der Waals surface area (Å²) in [5, 5.41) is 3.73. The van der Waals surface area contributed by atoms with Crippen LogP contribution in [0.1, 0.15) is 16.1 Å². The van der Waals surface area contributed by atoms with Crippen molar-refractivity contribution in [1.82, 2.24) is 14.5 Å². The molecule has 0 saturated carbocycles. The quantitative estimate of drug-likeness (QED) is 0.736. The average Bonchev–Trinajstić information content (AvgIpc) is 3.01. The summed E-state index contributed by atoms with van der Waals surface area (Å²) in [4.78, 5) is 18.0. The molecule has 3 aromatic rings. The molecule has 5 nitrogen and oxygen atoms in total. The third-order valence-electron chi connectivity index (χ3n) is 4.14. The Morgan fingerprint density at radius 1 is 1.19 bits per heavy atom. The van der Waals surface area contributed by atoms with Crippen LogP contribution < -0.4 is 5.32 Å². The smallest absolute Gasteiger partial charge is 0.346 e. The number of alkyl halides is 3. The highest BCUT2D eigenvalue weighted by atomic mass is 19.4. The Hall–Kier alpha value is -2.87. The van der Waals surface area contributed by atoms with Crippen molar-refractivity contribution in [3.8, 4) is 0 Å². The first-order chi connectivity index (χ1) is 12.7. The van der Waals surface area contributed by atoms with E-state index in [9.17, 15) is 18.0 Å². The summed E-state index contributed by atoms with van der Waals surface area (Å²) in [6.07, 6.45) is -1.84. The van der Waals surface area contributed by atoms with E-state index in [-0.39, 0.29) is 5.69 Å². The Kier molecular flexibility index (Phi) is 5.18. The Bertz CT molecular complexity index is 946. The van der Waals surface area contributed by atoms with E-state index in [1.54, 1.807) is 6.07 Å². The summed E-state index contributed by atoms with van der Waals surface area (Å²) in [5.41, 5.74) is 0.555. The number of hydrogen-bond acceptors (Lipinski definition) is 3. The predicted octanol–water partition coefficient (Wildman–Crippen LogP) is 3.87. The van der Waals surface area contributed by atoms with Crippen molar-refractivity contribution in [2.45, 2.75) is 12.7 Å². The van der Waals surface area contributed by atoms with Gasteiger partial charge in [-0.2, -0.15) is 13.2 Å². The van der Waals surface area contributed by atoms with Crippen molar-refractivity contribution in [3.05, 3.63) is 60.0 Å². The molecule has 0 aliphatic rings. The number of benzene rings is 1. The standard InChI is InChI=1S/C19H19F3N4O/c1-25(2)9-10-26-8-7-13-3-5-15(11-17(13)26)24-18(27)16-6-4-14(12-23-16)19(20,21)22/h3-8,11-12H,9-10H2,1-2H3,(H,24,27). The molecule has 0 fully saturated rings. The molecule has 0 radical (unpaired) electrons. The van der Waals surface area contributed by atoms with Crippen molar-refractivity contribution in [1.29, 1.82) is 0 Å². The fraction of sp³-hybridized carbons (Fsp3) is 0.263. The van der Waals surface area contributed by atoms with E-state index in [0.717, 1.165) is 36.1 Å². The van der Waals surface area contributed by atoms with Crippen LogP contribution in [-0.2, 0) is 12.7 Å². The second-order valence-electron chi connectivity index (χ2n) is 6.47. The van der Waals surface area contributed by atoms with Gasteiger partial charge in [0.2, 0.25) is 0 Å². The minimum Gasteiger partial charge on any atom is -0.346 e. The molecule has 0 bridgehead atoms. The molecule has 0 aliphatic heterocycles. The number of nitrogens with zero attached hydrogens (tertiary/aromatic N) is 3. The summed E-state index contributed by atoms with van der Waals surface area (Å²) >= 11 is 0. The molecule has 0 spiro atoms. The van der Waals surface area contributed by atoms with Gasteiger partial charge in [-0.05, 0) is 49.8 Å². The molecule has 0 aliphatic carbocycles. The van der Waals surface area contributed by atoms with Crippen LogP contribution in [0, 0.1) is 0 Å². The first-order valence-corrected chi connectivity index (χ1v) is 8.32. The number of nitrogens with one attached hydrogen (secondary N) is 1. The number of carbonyl (C=O) groups excluding carboxylic acids is 1. The van der Waals surface area contributed by atoms with Crippen LogP contribution >= 0.6 is 0 Å². The minimum absolute atomic E-state index is 0.0777. The fourth-order valence-electron chi connectivity index (χ4n) is 2.66. The maximum Gasteiger partial charge on any atom is 0.417 e. The van der Waals surface area contributed by atoms with Crippen LogP contribution in [0.5, 0.6) is 0 Å². The molecule has 2 heterocycles. The maximum absolute atomic E-state index is 12.6. The number of fused-ring (bicyclic) bond motifs is 1. The number of carbonyl (C=O) groups is 1. The zero-order valence-electron chi connectivity index (χ0n) is 14.9. The Labute approximate surface area is 154 Å². The van der Waals surface area contributed by atoms with Crippen LogP contribution in [0.4, 0.5) is 18.9 Å². The summed E-state index contributed by atoms with van der Waals surface area (Å²) in [6, 6.07) is 9.38. The molecular formula is C19H19F3N4O. The van der Waals surface area contributed by atoms with Crippen molar-refractivity contribution >= 4 is 22.5 Å². The molecule has 1 N–H and O–H groups in total. The average molecular weight is 376 g/mol. The number of halogens is 3. The normalized spacial score (nSPS) is 11.9. The van der Waals surface area contributed by atoms with Gasteiger partial charge in [-0.3, -0.25) is 9.78 Å². The second-order valence-corrected chi connectivity index (χ2v) is 6.47. The highest BCUT2D eigenvalue weighted by Gasteiger charge is 2.30. The van der Waals surface area contributed by atoms with Gasteiger partial charge in [0.25, 0.3) is 5.91 Å². The SMILES string of the molecule is CN(C)CCn1ccc2ccc(NC(=O)c3ccc(C(F)(F)F)cn3)cc21. The van der Waals surface area contributed by atoms with Gasteiger partial charge in [0.05, 0.1) is 11.1 Å². The van der Waals surface area contributed by atoms with Gasteiger partial charge in [0.15, 0.2) is 0 Å². The first-order valence-electron chi connectivity index (χ1n) is 8.32. The number of rotatable bonds is 5. The van der Waals surface area contributed by atoms with Gasteiger partial charge in [-0.25, -0.2) is 0 Å². The fourth-order valence-corrected chi connectivity index (χ4v) is 2.66. The van der Waals surface area contributed by atoms with Crippen molar-refractivity contribution in [2.75, 3.05) is 26.0 Å². The second kappa shape index (κ2) is 7.40. The molecule has 8 heteroatoms. The van der Waals surface area contributed by atoms with E-state index >= 15 is 0 Å². The van der Waals surface area contributed by atoms with Crippen LogP contribution in [0.3, 0.4) is 0 Å². The van der Waals surface area contributed by atoms with Gasteiger partial charge < -0.3 is 14.8 Å². The Morgan fingerprint density at radius 2 is 1.96 bits per heavy atom. The molecule has 0 unspecified atom stereocenters.